The fourth-order valence-corrected chi connectivity index (χ4v) is 2.56. The Morgan fingerprint density at radius 3 is 2.52 bits per heavy atom. The molecule has 0 N–H and O–H groups in total. The first-order chi connectivity index (χ1) is 13.4. The van der Waals surface area contributed by atoms with Crippen LogP contribution in [-0.2, 0) is 13.2 Å². The van der Waals surface area contributed by atoms with Crippen molar-refractivity contribution in [1.82, 2.24) is 4.90 Å². The summed E-state index contributed by atoms with van der Waals surface area (Å²) in [7, 11) is 2.09. The van der Waals surface area contributed by atoms with Gasteiger partial charge in [-0.2, -0.15) is 5.26 Å². The lowest BCUT2D eigenvalue weighted by atomic mass is 9.98. The van der Waals surface area contributed by atoms with Crippen LogP contribution in [0.15, 0.2) is 60.7 Å². The molecular weight excluding hydrogens is 380 g/mol. The molecule has 0 aliphatic heterocycles. The molecule has 0 aromatic heterocycles. The third-order valence-corrected chi connectivity index (χ3v) is 3.88. The van der Waals surface area contributed by atoms with Crippen molar-refractivity contribution < 1.29 is 4.74 Å². The lowest BCUT2D eigenvalue weighted by Gasteiger charge is -2.15. The van der Waals surface area contributed by atoms with Crippen molar-refractivity contribution >= 4 is 12.4 Å². The highest BCUT2D eigenvalue weighted by molar-refractivity contribution is 5.85. The lowest BCUT2D eigenvalue weighted by molar-refractivity contribution is 0.304. The number of hydrogen-bond acceptors (Lipinski definition) is 3. The molecule has 29 heavy (non-hydrogen) atoms. The molecule has 0 fully saturated rings. The molecule has 0 heterocycles. The fourth-order valence-electron chi connectivity index (χ4n) is 2.56. The van der Waals surface area contributed by atoms with E-state index >= 15 is 0 Å². The molecule has 2 aromatic carbocycles. The Morgan fingerprint density at radius 1 is 1.07 bits per heavy atom. The van der Waals surface area contributed by atoms with Gasteiger partial charge in [0.25, 0.3) is 0 Å². The standard InChI is InChI=1S/C25H28N2O.ClH/c1-25(2,3)14-6-5-7-15-27(4)19-22-11-9-13-24(17-22)28-20-23-12-8-10-21(16-23)18-26;/h5,7-13,16-17H,15,19-20H2,1-4H3;1H. The van der Waals surface area contributed by atoms with Crippen molar-refractivity contribution in [1.29, 1.82) is 5.26 Å². The van der Waals surface area contributed by atoms with Gasteiger partial charge in [0.2, 0.25) is 0 Å². The maximum atomic E-state index is 8.99. The molecule has 0 saturated carbocycles. The Bertz CT molecular complexity index is 911. The Hall–Kier alpha value is -2.72. The SMILES string of the molecule is CN(CC=CC#CC(C)(C)C)Cc1cccc(OCc2cccc(C#N)c2)c1.Cl. The molecule has 0 amide bonds. The lowest BCUT2D eigenvalue weighted by Crippen LogP contribution is -2.17. The average molecular weight is 409 g/mol. The zero-order chi connectivity index (χ0) is 20.4. The van der Waals surface area contributed by atoms with E-state index in [1.165, 1.54) is 5.56 Å². The van der Waals surface area contributed by atoms with E-state index < -0.39 is 0 Å². The highest BCUT2D eigenvalue weighted by Crippen LogP contribution is 2.17. The van der Waals surface area contributed by atoms with Crippen molar-refractivity contribution in [2.75, 3.05) is 13.6 Å². The van der Waals surface area contributed by atoms with Crippen LogP contribution in [0.5, 0.6) is 5.75 Å². The third-order valence-electron chi connectivity index (χ3n) is 3.88. The second kappa shape index (κ2) is 12.0. The van der Waals surface area contributed by atoms with Gasteiger partial charge in [-0.15, -0.1) is 12.4 Å². The van der Waals surface area contributed by atoms with Gasteiger partial charge in [0.1, 0.15) is 12.4 Å². The molecule has 152 valence electrons. The maximum Gasteiger partial charge on any atom is 0.120 e. The van der Waals surface area contributed by atoms with Crippen molar-refractivity contribution in [2.24, 2.45) is 5.41 Å². The van der Waals surface area contributed by atoms with E-state index in [-0.39, 0.29) is 17.8 Å². The molecule has 0 aliphatic rings. The van der Waals surface area contributed by atoms with E-state index in [4.69, 9.17) is 10.00 Å². The van der Waals surface area contributed by atoms with Gasteiger partial charge in [-0.1, -0.05) is 42.2 Å². The summed E-state index contributed by atoms with van der Waals surface area (Å²) in [5, 5.41) is 8.99. The van der Waals surface area contributed by atoms with Crippen molar-refractivity contribution in [3.63, 3.8) is 0 Å². The Balaban J connectivity index is 0.00000420. The number of hydrogen-bond donors (Lipinski definition) is 0. The number of halogens is 1. The Morgan fingerprint density at radius 2 is 1.79 bits per heavy atom. The molecular formula is C25H29ClN2O. The van der Waals surface area contributed by atoms with Crippen LogP contribution in [0.1, 0.15) is 37.5 Å². The number of rotatable bonds is 7. The Kier molecular flexibility index (Phi) is 10.0. The second-order valence-electron chi connectivity index (χ2n) is 7.87. The first-order valence-corrected chi connectivity index (χ1v) is 9.43. The molecule has 0 saturated heterocycles. The Labute approximate surface area is 181 Å². The van der Waals surface area contributed by atoms with E-state index in [0.29, 0.717) is 12.2 Å². The third kappa shape index (κ3) is 9.86. The van der Waals surface area contributed by atoms with Gasteiger partial charge in [-0.25, -0.2) is 0 Å². The van der Waals surface area contributed by atoms with Crippen molar-refractivity contribution in [3.8, 4) is 23.7 Å². The molecule has 2 aromatic rings. The molecule has 0 spiro atoms. The van der Waals surface area contributed by atoms with Crippen LogP contribution in [0.2, 0.25) is 0 Å². The maximum absolute atomic E-state index is 8.99. The first-order valence-electron chi connectivity index (χ1n) is 9.43. The number of likely N-dealkylation sites (N-methyl/N-ethyl adjacent to an activating group) is 1. The van der Waals surface area contributed by atoms with Crippen LogP contribution in [0.3, 0.4) is 0 Å². The summed E-state index contributed by atoms with van der Waals surface area (Å²) in [6.07, 6.45) is 4.01. The summed E-state index contributed by atoms with van der Waals surface area (Å²) < 4.78 is 5.90. The van der Waals surface area contributed by atoms with Gasteiger partial charge in [-0.05, 0) is 69.3 Å². The molecule has 0 bridgehead atoms. The van der Waals surface area contributed by atoms with Crippen molar-refractivity contribution in [3.05, 3.63) is 77.4 Å². The van der Waals surface area contributed by atoms with E-state index in [2.05, 4.69) is 68.8 Å². The topological polar surface area (TPSA) is 36.3 Å². The highest BCUT2D eigenvalue weighted by Gasteiger charge is 2.03. The van der Waals surface area contributed by atoms with Gasteiger partial charge in [0, 0.05) is 18.5 Å². The monoisotopic (exact) mass is 408 g/mol. The normalized spacial score (nSPS) is 10.8. The van der Waals surface area contributed by atoms with Crippen LogP contribution < -0.4 is 4.74 Å². The number of nitrogens with zero attached hydrogens (tertiary/aromatic N) is 2. The summed E-state index contributed by atoms with van der Waals surface area (Å²) in [6, 6.07) is 17.8. The number of allylic oxidation sites excluding steroid dienone is 1. The minimum atomic E-state index is 0. The van der Waals surface area contributed by atoms with Gasteiger partial charge >= 0.3 is 0 Å². The number of ether oxygens (including phenoxy) is 1. The minimum Gasteiger partial charge on any atom is -0.489 e. The summed E-state index contributed by atoms with van der Waals surface area (Å²) in [6.45, 7) is 8.44. The van der Waals surface area contributed by atoms with Gasteiger partial charge in [0.15, 0.2) is 0 Å². The molecule has 0 unspecified atom stereocenters. The van der Waals surface area contributed by atoms with Crippen LogP contribution in [-0.4, -0.2) is 18.5 Å². The summed E-state index contributed by atoms with van der Waals surface area (Å²) in [5.41, 5.74) is 2.87. The fraction of sp³-hybridized carbons (Fsp3) is 0.320. The quantitative estimate of drug-likeness (QED) is 0.559. The van der Waals surface area contributed by atoms with E-state index in [1.807, 2.05) is 36.4 Å². The molecule has 2 rings (SSSR count). The molecule has 4 heteroatoms. The van der Waals surface area contributed by atoms with Crippen LogP contribution in [0.4, 0.5) is 0 Å². The van der Waals surface area contributed by atoms with E-state index in [0.717, 1.165) is 24.4 Å². The summed E-state index contributed by atoms with van der Waals surface area (Å²) in [5.74, 6) is 7.13. The summed E-state index contributed by atoms with van der Waals surface area (Å²) in [4.78, 5) is 2.23. The smallest absolute Gasteiger partial charge is 0.120 e. The van der Waals surface area contributed by atoms with Gasteiger partial charge in [0.05, 0.1) is 11.6 Å². The summed E-state index contributed by atoms with van der Waals surface area (Å²) >= 11 is 0. The van der Waals surface area contributed by atoms with E-state index in [9.17, 15) is 0 Å². The zero-order valence-electron chi connectivity index (χ0n) is 17.6. The number of benzene rings is 2. The first kappa shape index (κ1) is 24.3. The van der Waals surface area contributed by atoms with Gasteiger partial charge < -0.3 is 4.74 Å². The largest absolute Gasteiger partial charge is 0.489 e. The predicted octanol–water partition coefficient (Wildman–Crippen LogP) is 5.60. The number of nitriles is 1. The average Bonchev–Trinajstić information content (AvgIpc) is 2.65. The zero-order valence-corrected chi connectivity index (χ0v) is 18.4. The second-order valence-corrected chi connectivity index (χ2v) is 7.87. The van der Waals surface area contributed by atoms with Crippen LogP contribution in [0, 0.1) is 28.6 Å². The predicted molar refractivity (Wildman–Crippen MR) is 122 cm³/mol. The molecule has 0 radical (unpaired) electrons. The van der Waals surface area contributed by atoms with E-state index in [1.54, 1.807) is 6.07 Å². The van der Waals surface area contributed by atoms with Crippen molar-refractivity contribution in [2.45, 2.75) is 33.9 Å². The molecule has 0 aliphatic carbocycles. The van der Waals surface area contributed by atoms with Gasteiger partial charge in [-0.3, -0.25) is 4.90 Å². The highest BCUT2D eigenvalue weighted by atomic mass is 35.5. The van der Waals surface area contributed by atoms with Crippen LogP contribution >= 0.6 is 12.4 Å². The van der Waals surface area contributed by atoms with Crippen LogP contribution in [0.25, 0.3) is 0 Å². The molecule has 3 nitrogen and oxygen atoms in total. The minimum absolute atomic E-state index is 0. The molecule has 0 atom stereocenters.